The molecular weight excluding hydrogens is 207 g/mol. The number of carbonyl (C=O) groups is 1. The lowest BCUT2D eigenvalue weighted by molar-refractivity contribution is 0.0309. The molecule has 0 aromatic heterocycles. The predicted octanol–water partition coefficient (Wildman–Crippen LogP) is 0.0435. The van der Waals surface area contributed by atoms with Crippen molar-refractivity contribution in [1.29, 1.82) is 0 Å². The first kappa shape index (κ1) is 14.3. The number of nitrogens with one attached hydrogen (secondary N) is 2. The first-order valence-electron chi connectivity index (χ1n) is 3.13. The van der Waals surface area contributed by atoms with Crippen LogP contribution in [-0.2, 0) is 4.74 Å². The Balaban J connectivity index is 0. The second-order valence-electron chi connectivity index (χ2n) is 2.03. The van der Waals surface area contributed by atoms with Crippen LogP contribution in [-0.4, -0.2) is 37.1 Å². The van der Waals surface area contributed by atoms with Crippen molar-refractivity contribution in [1.82, 2.24) is 10.6 Å². The normalized spacial score (nSPS) is 21.5. The van der Waals surface area contributed by atoms with Gasteiger partial charge in [-0.2, -0.15) is 0 Å². The van der Waals surface area contributed by atoms with Gasteiger partial charge in [-0.15, -0.1) is 24.8 Å². The van der Waals surface area contributed by atoms with E-state index in [1.807, 2.05) is 0 Å². The van der Waals surface area contributed by atoms with E-state index in [2.05, 4.69) is 15.4 Å². The van der Waals surface area contributed by atoms with Crippen molar-refractivity contribution in [3.05, 3.63) is 0 Å². The van der Waals surface area contributed by atoms with E-state index in [1.54, 1.807) is 0 Å². The highest BCUT2D eigenvalue weighted by Crippen LogP contribution is 1.89. The molecule has 0 saturated carbocycles. The number of piperazine rings is 1. The molecule has 0 spiro atoms. The highest BCUT2D eigenvalue weighted by Gasteiger charge is 2.14. The molecule has 0 aliphatic carbocycles. The van der Waals surface area contributed by atoms with Gasteiger partial charge in [0.05, 0.1) is 0 Å². The fraction of sp³-hybridized carbons (Fsp3) is 0.800. The van der Waals surface area contributed by atoms with Crippen molar-refractivity contribution < 1.29 is 14.6 Å². The maximum Gasteiger partial charge on any atom is 0.507 e. The van der Waals surface area contributed by atoms with Crippen LogP contribution in [0.4, 0.5) is 4.79 Å². The summed E-state index contributed by atoms with van der Waals surface area (Å²) in [4.78, 5) is 9.98. The van der Waals surface area contributed by atoms with E-state index in [9.17, 15) is 4.79 Å². The Morgan fingerprint density at radius 2 is 2.08 bits per heavy atom. The molecule has 5 nitrogen and oxygen atoms in total. The van der Waals surface area contributed by atoms with Crippen LogP contribution >= 0.6 is 24.8 Å². The number of hydrogen-bond acceptors (Lipinski definition) is 4. The minimum atomic E-state index is -1.23. The Hall–Kier alpha value is -0.230. The molecule has 7 heteroatoms. The molecule has 74 valence electrons. The van der Waals surface area contributed by atoms with Gasteiger partial charge in [0.2, 0.25) is 0 Å². The van der Waals surface area contributed by atoms with Crippen molar-refractivity contribution in [3.63, 3.8) is 0 Å². The average Bonchev–Trinajstić information content (AvgIpc) is 1.88. The Morgan fingerprint density at radius 3 is 2.50 bits per heavy atom. The molecule has 12 heavy (non-hydrogen) atoms. The summed E-state index contributed by atoms with van der Waals surface area (Å²) in [5.74, 6) is 0. The molecule has 3 N–H and O–H groups in total. The molecule has 0 aromatic carbocycles. The van der Waals surface area contributed by atoms with E-state index >= 15 is 0 Å². The van der Waals surface area contributed by atoms with E-state index in [4.69, 9.17) is 5.11 Å². The number of rotatable bonds is 1. The van der Waals surface area contributed by atoms with Crippen LogP contribution in [0.3, 0.4) is 0 Å². The van der Waals surface area contributed by atoms with Gasteiger partial charge in [0.25, 0.3) is 0 Å². The molecule has 1 fully saturated rings. The summed E-state index contributed by atoms with van der Waals surface area (Å²) in [6, 6.07) is 0. The molecule has 0 amide bonds. The minimum absolute atomic E-state index is 0. The number of ether oxygens (including phenoxy) is 1. The molecule has 1 atom stereocenters. The predicted molar refractivity (Wildman–Crippen MR) is 48.3 cm³/mol. The second kappa shape index (κ2) is 7.42. The third kappa shape index (κ3) is 5.42. The summed E-state index contributed by atoms with van der Waals surface area (Å²) in [5.41, 5.74) is 0. The van der Waals surface area contributed by atoms with Crippen molar-refractivity contribution in [2.45, 2.75) is 6.23 Å². The van der Waals surface area contributed by atoms with Gasteiger partial charge >= 0.3 is 6.16 Å². The van der Waals surface area contributed by atoms with E-state index in [0.29, 0.717) is 6.54 Å². The van der Waals surface area contributed by atoms with Crippen molar-refractivity contribution >= 4 is 31.0 Å². The Labute approximate surface area is 82.7 Å². The van der Waals surface area contributed by atoms with E-state index in [-0.39, 0.29) is 31.0 Å². The standard InChI is InChI=1S/C5H10N2O3.2ClH/c8-5(9)10-4-3-6-1-2-7-4;;/h4,6-7H,1-3H2,(H,8,9);2*1H/t4-;;/m1../s1. The van der Waals surface area contributed by atoms with Crippen LogP contribution in [0.1, 0.15) is 0 Å². The summed E-state index contributed by atoms with van der Waals surface area (Å²) in [5, 5.41) is 14.0. The van der Waals surface area contributed by atoms with Crippen LogP contribution in [0.5, 0.6) is 0 Å². The van der Waals surface area contributed by atoms with Crippen molar-refractivity contribution in [3.8, 4) is 0 Å². The summed E-state index contributed by atoms with van der Waals surface area (Å²) >= 11 is 0. The Morgan fingerprint density at radius 1 is 1.42 bits per heavy atom. The third-order valence-electron chi connectivity index (χ3n) is 1.25. The van der Waals surface area contributed by atoms with Crippen LogP contribution < -0.4 is 10.6 Å². The molecule has 1 saturated heterocycles. The first-order valence-corrected chi connectivity index (χ1v) is 3.13. The van der Waals surface area contributed by atoms with Gasteiger partial charge in [-0.1, -0.05) is 0 Å². The SMILES string of the molecule is Cl.Cl.O=C(O)O[C@@H]1CNCCN1. The molecule has 0 radical (unpaired) electrons. The number of carboxylic acid groups (broad SMARTS) is 1. The van der Waals surface area contributed by atoms with Gasteiger partial charge in [-0.3, -0.25) is 5.32 Å². The second-order valence-corrected chi connectivity index (χ2v) is 2.03. The van der Waals surface area contributed by atoms with Gasteiger partial charge in [0.1, 0.15) is 0 Å². The molecule has 1 rings (SSSR count). The van der Waals surface area contributed by atoms with Gasteiger partial charge in [-0.05, 0) is 0 Å². The molecule has 0 unspecified atom stereocenters. The first-order chi connectivity index (χ1) is 4.79. The molecule has 1 heterocycles. The van der Waals surface area contributed by atoms with Crippen LogP contribution in [0, 0.1) is 0 Å². The van der Waals surface area contributed by atoms with Crippen molar-refractivity contribution in [2.24, 2.45) is 0 Å². The van der Waals surface area contributed by atoms with Crippen molar-refractivity contribution in [2.75, 3.05) is 19.6 Å². The summed E-state index contributed by atoms with van der Waals surface area (Å²) in [6.07, 6.45) is -1.62. The van der Waals surface area contributed by atoms with Gasteiger partial charge in [-0.25, -0.2) is 4.79 Å². The quantitative estimate of drug-likeness (QED) is 0.543. The van der Waals surface area contributed by atoms with Crippen LogP contribution in [0.15, 0.2) is 0 Å². The summed E-state index contributed by atoms with van der Waals surface area (Å²) in [7, 11) is 0. The smallest absolute Gasteiger partial charge is 0.450 e. The fourth-order valence-electron chi connectivity index (χ4n) is 0.832. The zero-order chi connectivity index (χ0) is 7.40. The molecule has 0 bridgehead atoms. The zero-order valence-electron chi connectivity index (χ0n) is 6.28. The number of halogens is 2. The maximum atomic E-state index is 9.98. The summed E-state index contributed by atoms with van der Waals surface area (Å²) < 4.78 is 4.43. The molecule has 0 aromatic rings. The molecule has 1 aliphatic heterocycles. The van der Waals surface area contributed by atoms with E-state index in [1.165, 1.54) is 0 Å². The van der Waals surface area contributed by atoms with Crippen LogP contribution in [0.25, 0.3) is 0 Å². The molecule has 1 aliphatic rings. The lowest BCUT2D eigenvalue weighted by atomic mass is 10.4. The Bertz CT molecular complexity index is 130. The highest BCUT2D eigenvalue weighted by molar-refractivity contribution is 5.85. The van der Waals surface area contributed by atoms with E-state index in [0.717, 1.165) is 13.1 Å². The lowest BCUT2D eigenvalue weighted by Gasteiger charge is -2.22. The van der Waals surface area contributed by atoms with Gasteiger partial charge < -0.3 is 15.2 Å². The summed E-state index contributed by atoms with van der Waals surface area (Å²) in [6.45, 7) is 2.16. The Kier molecular flexibility index (Phi) is 8.84. The topological polar surface area (TPSA) is 70.6 Å². The average molecular weight is 219 g/mol. The van der Waals surface area contributed by atoms with Gasteiger partial charge in [0.15, 0.2) is 6.23 Å². The highest BCUT2D eigenvalue weighted by atomic mass is 35.5. The zero-order valence-corrected chi connectivity index (χ0v) is 7.91. The third-order valence-corrected chi connectivity index (χ3v) is 1.25. The minimum Gasteiger partial charge on any atom is -0.450 e. The van der Waals surface area contributed by atoms with Gasteiger partial charge in [0, 0.05) is 19.6 Å². The largest absolute Gasteiger partial charge is 0.507 e. The lowest BCUT2D eigenvalue weighted by Crippen LogP contribution is -2.50. The van der Waals surface area contributed by atoms with Crippen LogP contribution in [0.2, 0.25) is 0 Å². The number of hydrogen-bond donors (Lipinski definition) is 3. The fourth-order valence-corrected chi connectivity index (χ4v) is 0.832. The molecular formula is C5H12Cl2N2O3. The van der Waals surface area contributed by atoms with E-state index < -0.39 is 6.16 Å². The monoisotopic (exact) mass is 218 g/mol. The maximum absolute atomic E-state index is 9.98.